The summed E-state index contributed by atoms with van der Waals surface area (Å²) in [6.45, 7) is 5.03. The van der Waals surface area contributed by atoms with Crippen LogP contribution in [0.3, 0.4) is 0 Å². The lowest BCUT2D eigenvalue weighted by molar-refractivity contribution is -0.140. The highest BCUT2D eigenvalue weighted by Crippen LogP contribution is 2.30. The zero-order valence-corrected chi connectivity index (χ0v) is 25.0. The van der Waals surface area contributed by atoms with Crippen molar-refractivity contribution in [1.82, 2.24) is 10.2 Å². The number of nitrogens with zero attached hydrogens (tertiary/aromatic N) is 2. The number of carbonyl (C=O) groups is 2. The average Bonchev–Trinajstić information content (AvgIpc) is 2.89. The first-order chi connectivity index (χ1) is 18.8. The number of hydrogen-bond acceptors (Lipinski definition) is 5. The zero-order valence-electron chi connectivity index (χ0n) is 23.4. The molecule has 40 heavy (non-hydrogen) atoms. The Morgan fingerprint density at radius 3 is 2.15 bits per heavy atom. The van der Waals surface area contributed by atoms with Crippen molar-refractivity contribution < 1.29 is 22.7 Å². The summed E-state index contributed by atoms with van der Waals surface area (Å²) < 4.78 is 32.3. The number of amides is 2. The Kier molecular flexibility index (Phi) is 10.2. The summed E-state index contributed by atoms with van der Waals surface area (Å²) >= 11 is 6.48. The summed E-state index contributed by atoms with van der Waals surface area (Å²) in [6.07, 6.45) is 1.24. The predicted molar refractivity (Wildman–Crippen MR) is 159 cm³/mol. The molecule has 10 heteroatoms. The van der Waals surface area contributed by atoms with Gasteiger partial charge in [0.2, 0.25) is 21.8 Å². The van der Waals surface area contributed by atoms with Crippen LogP contribution in [0.15, 0.2) is 78.9 Å². The molecule has 0 heterocycles. The van der Waals surface area contributed by atoms with Crippen molar-refractivity contribution in [3.8, 4) is 5.75 Å². The number of para-hydroxylation sites is 2. The van der Waals surface area contributed by atoms with E-state index in [4.69, 9.17) is 16.3 Å². The van der Waals surface area contributed by atoms with Gasteiger partial charge < -0.3 is 15.0 Å². The number of hydrogen-bond donors (Lipinski definition) is 1. The van der Waals surface area contributed by atoms with Gasteiger partial charge in [0, 0.05) is 23.5 Å². The molecule has 1 atom stereocenters. The minimum absolute atomic E-state index is 0.00288. The number of halogens is 1. The second-order valence-corrected chi connectivity index (χ2v) is 12.8. The van der Waals surface area contributed by atoms with Gasteiger partial charge in [-0.25, -0.2) is 8.42 Å². The molecular weight excluding hydrogens is 550 g/mol. The Balaban J connectivity index is 2.11. The van der Waals surface area contributed by atoms with Crippen LogP contribution in [-0.4, -0.2) is 56.6 Å². The van der Waals surface area contributed by atoms with Crippen molar-refractivity contribution >= 4 is 39.1 Å². The number of sulfonamides is 1. The minimum atomic E-state index is -3.91. The molecule has 8 nitrogen and oxygen atoms in total. The summed E-state index contributed by atoms with van der Waals surface area (Å²) in [5, 5.41) is 3.42. The van der Waals surface area contributed by atoms with Gasteiger partial charge in [0.15, 0.2) is 0 Å². The Morgan fingerprint density at radius 1 is 0.950 bits per heavy atom. The molecule has 2 amide bonds. The van der Waals surface area contributed by atoms with Crippen molar-refractivity contribution in [3.63, 3.8) is 0 Å². The first-order valence-electron chi connectivity index (χ1n) is 12.8. The van der Waals surface area contributed by atoms with E-state index in [2.05, 4.69) is 5.32 Å². The maximum Gasteiger partial charge on any atom is 0.244 e. The van der Waals surface area contributed by atoms with E-state index < -0.39 is 34.1 Å². The highest BCUT2D eigenvalue weighted by molar-refractivity contribution is 7.92. The van der Waals surface area contributed by atoms with Crippen molar-refractivity contribution in [2.24, 2.45) is 0 Å². The monoisotopic (exact) mass is 585 g/mol. The number of carbonyl (C=O) groups excluding carboxylic acids is 2. The molecule has 3 aromatic carbocycles. The molecule has 0 aromatic heterocycles. The third-order valence-corrected chi connectivity index (χ3v) is 7.60. The second kappa shape index (κ2) is 13.2. The molecule has 0 radical (unpaired) electrons. The Bertz CT molecular complexity index is 1420. The molecule has 1 unspecified atom stereocenters. The molecule has 1 N–H and O–H groups in total. The number of ether oxygens (including phenoxy) is 1. The van der Waals surface area contributed by atoms with Crippen LogP contribution >= 0.6 is 11.6 Å². The second-order valence-electron chi connectivity index (χ2n) is 10.5. The zero-order chi connectivity index (χ0) is 29.5. The molecule has 0 saturated heterocycles. The van der Waals surface area contributed by atoms with E-state index in [9.17, 15) is 18.0 Å². The Morgan fingerprint density at radius 2 is 1.55 bits per heavy atom. The summed E-state index contributed by atoms with van der Waals surface area (Å²) in [7, 11) is -2.49. The Labute approximate surface area is 241 Å². The van der Waals surface area contributed by atoms with Gasteiger partial charge in [-0.2, -0.15) is 0 Å². The van der Waals surface area contributed by atoms with Gasteiger partial charge in [0.05, 0.1) is 19.1 Å². The first-order valence-corrected chi connectivity index (χ1v) is 15.0. The largest absolute Gasteiger partial charge is 0.495 e. The lowest BCUT2D eigenvalue weighted by Crippen LogP contribution is -2.56. The highest BCUT2D eigenvalue weighted by Gasteiger charge is 2.35. The fourth-order valence-electron chi connectivity index (χ4n) is 4.25. The molecule has 0 aliphatic heterocycles. The molecule has 0 saturated carbocycles. The van der Waals surface area contributed by atoms with E-state index in [1.165, 1.54) is 12.0 Å². The summed E-state index contributed by atoms with van der Waals surface area (Å²) in [6, 6.07) is 22.0. The average molecular weight is 586 g/mol. The normalized spacial score (nSPS) is 12.3. The summed E-state index contributed by atoms with van der Waals surface area (Å²) in [5.41, 5.74) is 1.12. The molecule has 3 aromatic rings. The molecular formula is C30H36ClN3O5S. The number of methoxy groups -OCH3 is 1. The van der Waals surface area contributed by atoms with Crippen LogP contribution in [0.25, 0.3) is 0 Å². The highest BCUT2D eigenvalue weighted by atomic mass is 35.5. The number of rotatable bonds is 11. The lowest BCUT2D eigenvalue weighted by Gasteiger charge is -2.35. The third kappa shape index (κ3) is 8.47. The molecule has 3 rings (SSSR count). The van der Waals surface area contributed by atoms with Gasteiger partial charge in [-0.1, -0.05) is 72.3 Å². The maximum absolute atomic E-state index is 14.1. The van der Waals surface area contributed by atoms with E-state index in [1.54, 1.807) is 48.5 Å². The quantitative estimate of drug-likeness (QED) is 0.353. The van der Waals surface area contributed by atoms with Crippen LogP contribution in [0.2, 0.25) is 5.02 Å². The van der Waals surface area contributed by atoms with Crippen LogP contribution in [-0.2, 0) is 32.6 Å². The first kappa shape index (κ1) is 31.0. The van der Waals surface area contributed by atoms with Crippen LogP contribution in [0.4, 0.5) is 5.69 Å². The van der Waals surface area contributed by atoms with Gasteiger partial charge in [0.1, 0.15) is 18.3 Å². The van der Waals surface area contributed by atoms with Crippen LogP contribution < -0.4 is 14.4 Å². The standard InChI is InChI=1S/C30H36ClN3O5S/c1-30(2,3)32-29(36)26(19-22-13-7-6-8-14-22)33(20-23-15-9-10-16-24(23)31)28(35)21-34(40(5,37)38)25-17-11-12-18-27(25)39-4/h6-18,26H,19-21H2,1-5H3,(H,32,36). The molecule has 0 spiro atoms. The fourth-order valence-corrected chi connectivity index (χ4v) is 5.30. The van der Waals surface area contributed by atoms with Crippen LogP contribution in [0, 0.1) is 0 Å². The van der Waals surface area contributed by atoms with Crippen molar-refractivity contribution in [3.05, 3.63) is 95.0 Å². The number of nitrogens with one attached hydrogen (secondary N) is 1. The van der Waals surface area contributed by atoms with Crippen molar-refractivity contribution in [2.75, 3.05) is 24.2 Å². The van der Waals surface area contributed by atoms with Crippen LogP contribution in [0.1, 0.15) is 31.9 Å². The van der Waals surface area contributed by atoms with E-state index in [1.807, 2.05) is 51.1 Å². The smallest absolute Gasteiger partial charge is 0.244 e. The number of benzene rings is 3. The van der Waals surface area contributed by atoms with Crippen molar-refractivity contribution in [2.45, 2.75) is 45.3 Å². The molecule has 0 aliphatic rings. The predicted octanol–water partition coefficient (Wildman–Crippen LogP) is 4.67. The molecule has 214 valence electrons. The van der Waals surface area contributed by atoms with Gasteiger partial charge >= 0.3 is 0 Å². The topological polar surface area (TPSA) is 96.0 Å². The molecule has 0 aliphatic carbocycles. The summed E-state index contributed by atoms with van der Waals surface area (Å²) in [4.78, 5) is 29.3. The van der Waals surface area contributed by atoms with Gasteiger partial charge in [-0.15, -0.1) is 0 Å². The van der Waals surface area contributed by atoms with Crippen molar-refractivity contribution in [1.29, 1.82) is 0 Å². The van der Waals surface area contributed by atoms with Gasteiger partial charge in [-0.3, -0.25) is 13.9 Å². The lowest BCUT2D eigenvalue weighted by atomic mass is 10.0. The van der Waals surface area contributed by atoms with Gasteiger partial charge in [-0.05, 0) is 50.1 Å². The van der Waals surface area contributed by atoms with E-state index in [0.29, 0.717) is 16.3 Å². The van der Waals surface area contributed by atoms with E-state index in [0.717, 1.165) is 16.1 Å². The van der Waals surface area contributed by atoms with E-state index in [-0.39, 0.29) is 24.6 Å². The molecule has 0 bridgehead atoms. The van der Waals surface area contributed by atoms with Crippen LogP contribution in [0.5, 0.6) is 5.75 Å². The summed E-state index contributed by atoms with van der Waals surface area (Å²) in [5.74, 6) is -0.633. The fraction of sp³-hybridized carbons (Fsp3) is 0.333. The maximum atomic E-state index is 14.1. The SMILES string of the molecule is COc1ccccc1N(CC(=O)N(Cc1ccccc1Cl)C(Cc1ccccc1)C(=O)NC(C)(C)C)S(C)(=O)=O. The minimum Gasteiger partial charge on any atom is -0.495 e. The molecule has 0 fully saturated rings. The third-order valence-electron chi connectivity index (χ3n) is 6.10. The Hall–Kier alpha value is -3.56. The number of anilines is 1. The van der Waals surface area contributed by atoms with Gasteiger partial charge in [0.25, 0.3) is 0 Å². The van der Waals surface area contributed by atoms with E-state index >= 15 is 0 Å².